The van der Waals surface area contributed by atoms with E-state index in [1.165, 1.54) is 5.56 Å². The molecule has 0 spiro atoms. The van der Waals surface area contributed by atoms with Crippen molar-refractivity contribution in [2.24, 2.45) is 0 Å². The maximum atomic E-state index is 6.03. The van der Waals surface area contributed by atoms with Gasteiger partial charge in [-0.15, -0.1) is 0 Å². The minimum Gasteiger partial charge on any atom is -0.496 e. The number of benzene rings is 2. The third-order valence-corrected chi connectivity index (χ3v) is 3.40. The fourth-order valence-electron chi connectivity index (χ4n) is 2.10. The quantitative estimate of drug-likeness (QED) is 0.767. The summed E-state index contributed by atoms with van der Waals surface area (Å²) in [4.78, 5) is 0. The van der Waals surface area contributed by atoms with Gasteiger partial charge in [0.2, 0.25) is 0 Å². The Morgan fingerprint density at radius 1 is 1.05 bits per heavy atom. The molecule has 0 aromatic heterocycles. The average Bonchev–Trinajstić information content (AvgIpc) is 2.45. The third-order valence-electron chi connectivity index (χ3n) is 3.17. The molecular formula is C17H19ClO2. The van der Waals surface area contributed by atoms with Crippen molar-refractivity contribution in [3.63, 3.8) is 0 Å². The molecule has 0 unspecified atom stereocenters. The molecule has 2 nitrogen and oxygen atoms in total. The highest BCUT2D eigenvalue weighted by Gasteiger charge is 2.09. The second kappa shape index (κ2) is 6.67. The molecular weight excluding hydrogens is 272 g/mol. The first kappa shape index (κ1) is 14.7. The van der Waals surface area contributed by atoms with Gasteiger partial charge in [-0.05, 0) is 35.7 Å². The molecule has 20 heavy (non-hydrogen) atoms. The fraction of sp³-hybridized carbons (Fsp3) is 0.294. The van der Waals surface area contributed by atoms with E-state index < -0.39 is 0 Å². The molecule has 2 rings (SSSR count). The third kappa shape index (κ3) is 3.45. The molecule has 0 amide bonds. The predicted molar refractivity (Wildman–Crippen MR) is 82.9 cm³/mol. The van der Waals surface area contributed by atoms with Crippen LogP contribution in [0.2, 0.25) is 5.02 Å². The number of hydrogen-bond donors (Lipinski definition) is 0. The van der Waals surface area contributed by atoms with Crippen LogP contribution >= 0.6 is 11.6 Å². The molecule has 0 bridgehead atoms. The van der Waals surface area contributed by atoms with E-state index in [0.29, 0.717) is 17.5 Å². The summed E-state index contributed by atoms with van der Waals surface area (Å²) in [7, 11) is 1.65. The van der Waals surface area contributed by atoms with Gasteiger partial charge in [0.1, 0.15) is 18.1 Å². The van der Waals surface area contributed by atoms with Crippen molar-refractivity contribution in [2.75, 3.05) is 7.11 Å². The summed E-state index contributed by atoms with van der Waals surface area (Å²) in [6.45, 7) is 4.75. The van der Waals surface area contributed by atoms with Crippen molar-refractivity contribution < 1.29 is 9.47 Å². The van der Waals surface area contributed by atoms with Crippen molar-refractivity contribution in [1.29, 1.82) is 0 Å². The van der Waals surface area contributed by atoms with Gasteiger partial charge in [0, 0.05) is 10.6 Å². The Hall–Kier alpha value is -1.67. The lowest BCUT2D eigenvalue weighted by Gasteiger charge is -2.15. The molecule has 0 aliphatic heterocycles. The number of ether oxygens (including phenoxy) is 2. The zero-order valence-corrected chi connectivity index (χ0v) is 12.8. The molecule has 0 radical (unpaired) electrons. The van der Waals surface area contributed by atoms with Crippen molar-refractivity contribution in [3.8, 4) is 11.5 Å². The summed E-state index contributed by atoms with van der Waals surface area (Å²) < 4.78 is 11.3. The number of methoxy groups -OCH3 is 1. The second-order valence-corrected chi connectivity index (χ2v) is 5.37. The van der Waals surface area contributed by atoms with Gasteiger partial charge in [-0.1, -0.05) is 43.6 Å². The minimum atomic E-state index is 0.424. The molecule has 0 saturated heterocycles. The van der Waals surface area contributed by atoms with E-state index in [0.717, 1.165) is 17.1 Å². The maximum absolute atomic E-state index is 6.03. The summed E-state index contributed by atoms with van der Waals surface area (Å²) >= 11 is 6.03. The van der Waals surface area contributed by atoms with E-state index in [4.69, 9.17) is 21.1 Å². The monoisotopic (exact) mass is 290 g/mol. The molecule has 2 aromatic carbocycles. The highest BCUT2D eigenvalue weighted by atomic mass is 35.5. The van der Waals surface area contributed by atoms with Crippen LogP contribution in [-0.4, -0.2) is 7.11 Å². The van der Waals surface area contributed by atoms with Gasteiger partial charge in [-0.2, -0.15) is 0 Å². The average molecular weight is 291 g/mol. The van der Waals surface area contributed by atoms with Crippen LogP contribution in [0.15, 0.2) is 42.5 Å². The van der Waals surface area contributed by atoms with E-state index in [2.05, 4.69) is 19.9 Å². The van der Waals surface area contributed by atoms with Crippen LogP contribution in [0.25, 0.3) is 0 Å². The molecule has 106 valence electrons. The van der Waals surface area contributed by atoms with Gasteiger partial charge in [0.05, 0.1) is 7.11 Å². The summed E-state index contributed by atoms with van der Waals surface area (Å²) in [6.07, 6.45) is 0. The van der Waals surface area contributed by atoms with Crippen molar-refractivity contribution >= 4 is 11.6 Å². The Morgan fingerprint density at radius 3 is 2.50 bits per heavy atom. The molecule has 0 atom stereocenters. The smallest absolute Gasteiger partial charge is 0.125 e. The van der Waals surface area contributed by atoms with Crippen LogP contribution < -0.4 is 9.47 Å². The van der Waals surface area contributed by atoms with Crippen molar-refractivity contribution in [2.45, 2.75) is 26.4 Å². The second-order valence-electron chi connectivity index (χ2n) is 4.94. The van der Waals surface area contributed by atoms with E-state index in [-0.39, 0.29) is 0 Å². The lowest BCUT2D eigenvalue weighted by molar-refractivity contribution is 0.293. The van der Waals surface area contributed by atoms with E-state index >= 15 is 0 Å². The first-order valence-electron chi connectivity index (χ1n) is 6.66. The van der Waals surface area contributed by atoms with Gasteiger partial charge in [-0.3, -0.25) is 0 Å². The maximum Gasteiger partial charge on any atom is 0.125 e. The van der Waals surface area contributed by atoms with Crippen LogP contribution in [0.4, 0.5) is 0 Å². The summed E-state index contributed by atoms with van der Waals surface area (Å²) in [6, 6.07) is 13.6. The molecule has 0 heterocycles. The minimum absolute atomic E-state index is 0.424. The van der Waals surface area contributed by atoms with Crippen LogP contribution in [0.5, 0.6) is 11.5 Å². The van der Waals surface area contributed by atoms with E-state index in [9.17, 15) is 0 Å². The topological polar surface area (TPSA) is 18.5 Å². The van der Waals surface area contributed by atoms with Gasteiger partial charge in [-0.25, -0.2) is 0 Å². The summed E-state index contributed by atoms with van der Waals surface area (Å²) in [5.41, 5.74) is 2.15. The van der Waals surface area contributed by atoms with Crippen LogP contribution in [-0.2, 0) is 6.61 Å². The number of para-hydroxylation sites is 1. The van der Waals surface area contributed by atoms with Crippen LogP contribution in [0, 0.1) is 0 Å². The molecule has 0 aliphatic rings. The molecule has 0 saturated carbocycles. The van der Waals surface area contributed by atoms with E-state index in [1.807, 2.05) is 36.4 Å². The largest absolute Gasteiger partial charge is 0.496 e. The number of halogens is 1. The Bertz CT molecular complexity index is 579. The Balaban J connectivity index is 2.19. The zero-order chi connectivity index (χ0) is 14.5. The zero-order valence-electron chi connectivity index (χ0n) is 12.0. The van der Waals surface area contributed by atoms with Gasteiger partial charge < -0.3 is 9.47 Å². The van der Waals surface area contributed by atoms with Crippen molar-refractivity contribution in [3.05, 3.63) is 58.6 Å². The first-order valence-corrected chi connectivity index (χ1v) is 7.03. The lowest BCUT2D eigenvalue weighted by Crippen LogP contribution is -2.01. The van der Waals surface area contributed by atoms with Crippen LogP contribution in [0.1, 0.15) is 30.9 Å². The van der Waals surface area contributed by atoms with E-state index in [1.54, 1.807) is 7.11 Å². The predicted octanol–water partition coefficient (Wildman–Crippen LogP) is 5.05. The molecule has 0 fully saturated rings. The first-order chi connectivity index (χ1) is 9.61. The molecule has 2 aromatic rings. The number of rotatable bonds is 5. The van der Waals surface area contributed by atoms with Crippen molar-refractivity contribution in [1.82, 2.24) is 0 Å². The van der Waals surface area contributed by atoms with Gasteiger partial charge in [0.15, 0.2) is 0 Å². The Labute approximate surface area is 125 Å². The summed E-state index contributed by atoms with van der Waals surface area (Å²) in [5.74, 6) is 2.12. The molecule has 0 N–H and O–H groups in total. The normalized spacial score (nSPS) is 10.7. The standard InChI is InChI=1S/C17H19ClO2/c1-12(2)15-6-4-5-7-17(15)20-11-13-10-14(18)8-9-16(13)19-3/h4-10,12H,11H2,1-3H3. The van der Waals surface area contributed by atoms with Gasteiger partial charge in [0.25, 0.3) is 0 Å². The Kier molecular flexibility index (Phi) is 4.91. The summed E-state index contributed by atoms with van der Waals surface area (Å²) in [5, 5.41) is 0.682. The molecule has 0 aliphatic carbocycles. The Morgan fingerprint density at radius 2 is 1.80 bits per heavy atom. The lowest BCUT2D eigenvalue weighted by atomic mass is 10.0. The highest BCUT2D eigenvalue weighted by Crippen LogP contribution is 2.28. The van der Waals surface area contributed by atoms with Crippen LogP contribution in [0.3, 0.4) is 0 Å². The SMILES string of the molecule is COc1ccc(Cl)cc1COc1ccccc1C(C)C. The van der Waals surface area contributed by atoms with Gasteiger partial charge >= 0.3 is 0 Å². The molecule has 3 heteroatoms. The fourth-order valence-corrected chi connectivity index (χ4v) is 2.30. The number of hydrogen-bond acceptors (Lipinski definition) is 2. The highest BCUT2D eigenvalue weighted by molar-refractivity contribution is 6.30.